The highest BCUT2D eigenvalue weighted by Crippen LogP contribution is 2.43. The van der Waals surface area contributed by atoms with E-state index in [9.17, 15) is 29.7 Å². The molecule has 2 fully saturated rings. The number of hydrogen-bond acceptors (Lipinski definition) is 30. The minimum atomic E-state index is -1.84. The van der Waals surface area contributed by atoms with Gasteiger partial charge < -0.3 is 85.1 Å². The Kier molecular flexibility index (Phi) is 20.6. The van der Waals surface area contributed by atoms with E-state index in [0.717, 1.165) is 82.9 Å². The lowest BCUT2D eigenvalue weighted by molar-refractivity contribution is -0.280. The highest BCUT2D eigenvalue weighted by atomic mass is 32.1. The van der Waals surface area contributed by atoms with Crippen molar-refractivity contribution in [2.24, 2.45) is 0 Å². The molecular formula is C65H71N15O16S5. The van der Waals surface area contributed by atoms with Crippen molar-refractivity contribution in [3.05, 3.63) is 112 Å². The molecule has 1 aromatic carbocycles. The van der Waals surface area contributed by atoms with Crippen molar-refractivity contribution in [3.63, 3.8) is 0 Å². The number of fused-ring (bicyclic) bond motifs is 15. The van der Waals surface area contributed by atoms with Gasteiger partial charge in [-0.1, -0.05) is 12.1 Å². The van der Waals surface area contributed by atoms with Gasteiger partial charge in [0.1, 0.15) is 120 Å². The molecule has 12 heterocycles. The Morgan fingerprint density at radius 2 is 1.51 bits per heavy atom. The second-order valence-corrected chi connectivity index (χ2v) is 29.7. The van der Waals surface area contributed by atoms with E-state index in [0.29, 0.717) is 22.2 Å². The molecule has 0 aliphatic carbocycles. The van der Waals surface area contributed by atoms with Gasteiger partial charge in [0.05, 0.1) is 56.4 Å². The maximum Gasteiger partial charge on any atom is 0.355 e. The summed E-state index contributed by atoms with van der Waals surface area (Å²) in [5, 5.41) is 57.9. The Morgan fingerprint density at radius 3 is 2.26 bits per heavy atom. The fraction of sp³-hybridized carbons (Fsp3) is 0.431. The number of nitrogens with zero attached hydrogens (tertiary/aromatic N) is 9. The van der Waals surface area contributed by atoms with Crippen LogP contribution in [0.25, 0.3) is 49.3 Å². The molecule has 5 amide bonds. The third kappa shape index (κ3) is 14.9. The fourth-order valence-electron chi connectivity index (χ4n) is 12.8. The number of allylic oxidation sites excluding steroid dienone is 1. The van der Waals surface area contributed by atoms with Gasteiger partial charge in [-0.15, -0.1) is 56.7 Å². The number of carbonyl (C=O) groups excluding carboxylic acids is 7. The summed E-state index contributed by atoms with van der Waals surface area (Å²) in [5.74, 6) is -5.83. The molecule has 101 heavy (non-hydrogen) atoms. The number of nitrogens with one attached hydrogen (secondary N) is 6. The molecule has 0 spiro atoms. The largest absolute Gasteiger partial charge is 0.506 e. The Hall–Kier alpha value is -8.63. The highest BCUT2D eigenvalue weighted by Gasteiger charge is 2.50. The third-order valence-corrected chi connectivity index (χ3v) is 22.4. The molecule has 31 nitrogen and oxygen atoms in total. The first-order valence-electron chi connectivity index (χ1n) is 32.0. The van der Waals surface area contributed by atoms with Crippen LogP contribution in [0.1, 0.15) is 120 Å². The number of rotatable bonds is 10. The number of piperazine rings is 1. The van der Waals surface area contributed by atoms with Crippen LogP contribution in [-0.2, 0) is 62.6 Å². The Labute approximate surface area is 596 Å². The van der Waals surface area contributed by atoms with Gasteiger partial charge in [0, 0.05) is 81.5 Å². The van der Waals surface area contributed by atoms with Crippen LogP contribution in [0.3, 0.4) is 0 Å². The summed E-state index contributed by atoms with van der Waals surface area (Å²) in [5.41, 5.74) is -0.133. The van der Waals surface area contributed by atoms with Crippen molar-refractivity contribution < 1.29 is 77.3 Å². The van der Waals surface area contributed by atoms with Gasteiger partial charge in [-0.05, 0) is 66.5 Å². The van der Waals surface area contributed by atoms with Crippen LogP contribution in [0.2, 0.25) is 0 Å². The van der Waals surface area contributed by atoms with Crippen molar-refractivity contribution in [1.29, 1.82) is 0 Å². The van der Waals surface area contributed by atoms with Crippen LogP contribution in [0.4, 0.5) is 0 Å². The van der Waals surface area contributed by atoms with Crippen molar-refractivity contribution in [3.8, 4) is 38.4 Å². The number of H-pyrrole nitrogens is 1. The first kappa shape index (κ1) is 70.8. The Balaban J connectivity index is 0.943. The number of pyridine rings is 1. The summed E-state index contributed by atoms with van der Waals surface area (Å²) in [6.45, 7) is 8.31. The molecule has 12 bridgehead atoms. The number of aromatic nitrogens is 7. The average molecular weight is 1480 g/mol. The van der Waals surface area contributed by atoms with Gasteiger partial charge in [-0.2, -0.15) is 0 Å². The molecule has 7 aromatic heterocycles. The van der Waals surface area contributed by atoms with Crippen LogP contribution < -0.4 is 26.6 Å². The van der Waals surface area contributed by atoms with Crippen molar-refractivity contribution in [2.45, 2.75) is 114 Å². The van der Waals surface area contributed by atoms with Crippen LogP contribution in [0.15, 0.2) is 56.9 Å². The van der Waals surface area contributed by atoms with Gasteiger partial charge in [-0.3, -0.25) is 28.9 Å². The summed E-state index contributed by atoms with van der Waals surface area (Å²) < 4.78 is 38.0. The zero-order chi connectivity index (χ0) is 71.3. The van der Waals surface area contributed by atoms with Crippen molar-refractivity contribution >= 4 is 115 Å². The van der Waals surface area contributed by atoms with E-state index >= 15 is 19.2 Å². The van der Waals surface area contributed by atoms with E-state index in [-0.39, 0.29) is 125 Å². The molecule has 5 aliphatic rings. The number of aromatic hydroxyl groups is 1. The second kappa shape index (κ2) is 29.4. The predicted molar refractivity (Wildman–Crippen MR) is 369 cm³/mol. The van der Waals surface area contributed by atoms with Gasteiger partial charge >= 0.3 is 11.9 Å². The van der Waals surface area contributed by atoms with E-state index in [1.165, 1.54) is 43.2 Å². The number of benzene rings is 1. The van der Waals surface area contributed by atoms with E-state index in [1.807, 2.05) is 11.9 Å². The molecule has 0 radical (unpaired) electrons. The van der Waals surface area contributed by atoms with E-state index in [1.54, 1.807) is 56.9 Å². The number of hydrogen-bond donors (Lipinski definition) is 9. The molecule has 9 N–H and O–H groups in total. The lowest BCUT2D eigenvalue weighted by Gasteiger charge is -2.48. The summed E-state index contributed by atoms with van der Waals surface area (Å²) in [6.07, 6.45) is -7.19. The molecule has 2 saturated heterocycles. The molecule has 10 atom stereocenters. The summed E-state index contributed by atoms with van der Waals surface area (Å²) in [6, 6.07) is 1.54. The molecular weight excluding hydrogens is 1410 g/mol. The standard InChI is InChI=1S/C65H71N15O16S5/c1-28(81)45-57(87)76-46(29(2)91-8)60-72-40(27-100-60)56(86)77-50-51-52(96-43-17-65(4,90)53(78(5)6)30(3)95-43)64(89)93-20-31-10-9-11-35-44(31)34(21-92-51)48(68-35)63(88)94-22-36(69-54(84)38-26-101-62(50)73-38)59-70-37(24-99-59)47-33(58-71-39(25-98-58)55(85)75-45)16-41(82)49(74-47)61-67-32(23-97-61)18-66-42(83)19-80-14-12-79(7)13-15-80/h9-11,16,23-28,30,36,43,45,50-53,68,81-82,90H,12-15,17-22H2,1-8H3,(H,66,83)(H,69,84)(H,75,85)(H,76,87)(H,77,86)/b46-29+. The third-order valence-electron chi connectivity index (χ3n) is 17.9. The van der Waals surface area contributed by atoms with Crippen LogP contribution >= 0.6 is 56.7 Å². The maximum atomic E-state index is 15.2. The van der Waals surface area contributed by atoms with Crippen LogP contribution in [0, 0.1) is 0 Å². The normalized spacial score (nSPS) is 25.1. The molecule has 8 aromatic rings. The topological polar surface area (TPSA) is 399 Å². The monoisotopic (exact) mass is 1480 g/mol. The van der Waals surface area contributed by atoms with Crippen LogP contribution in [-0.4, -0.2) is 222 Å². The number of aromatic amines is 1. The number of aliphatic hydroxyl groups is 2. The minimum Gasteiger partial charge on any atom is -0.506 e. The van der Waals surface area contributed by atoms with Gasteiger partial charge in [0.2, 0.25) is 11.8 Å². The number of cyclic esters (lactones) is 2. The van der Waals surface area contributed by atoms with E-state index < -0.39 is 109 Å². The number of methoxy groups -OCH3 is 1. The number of thiazole rings is 5. The Bertz CT molecular complexity index is 4550. The number of amides is 5. The highest BCUT2D eigenvalue weighted by molar-refractivity contribution is 7.14. The molecule has 36 heteroatoms. The van der Waals surface area contributed by atoms with Crippen molar-refractivity contribution in [1.82, 2.24) is 76.2 Å². The number of aliphatic hydroxyl groups excluding tert-OH is 1. The number of esters is 2. The summed E-state index contributed by atoms with van der Waals surface area (Å²) in [7, 11) is 6.96. The maximum absolute atomic E-state index is 15.2. The second-order valence-electron chi connectivity index (χ2n) is 25.4. The molecule has 0 saturated carbocycles. The van der Waals surface area contributed by atoms with Crippen molar-refractivity contribution in [2.75, 3.05) is 67.6 Å². The van der Waals surface area contributed by atoms with Gasteiger partial charge in [0.15, 0.2) is 12.4 Å². The quantitative estimate of drug-likeness (QED) is 0.0680. The van der Waals surface area contributed by atoms with Crippen LogP contribution in [0.5, 0.6) is 5.75 Å². The fourth-order valence-corrected chi connectivity index (χ4v) is 17.0. The predicted octanol–water partition coefficient (Wildman–Crippen LogP) is 4.32. The molecule has 532 valence electrons. The minimum absolute atomic E-state index is 0.00346. The molecule has 10 unspecified atom stereocenters. The van der Waals surface area contributed by atoms with Gasteiger partial charge in [0.25, 0.3) is 17.7 Å². The molecule has 13 rings (SSSR count). The summed E-state index contributed by atoms with van der Waals surface area (Å²) in [4.78, 5) is 140. The Morgan fingerprint density at radius 1 is 0.832 bits per heavy atom. The van der Waals surface area contributed by atoms with E-state index in [4.69, 9.17) is 48.4 Å². The smallest absolute Gasteiger partial charge is 0.355 e. The SMILES string of the molecule is CO/C(C)=C1/NC(=O)C(C(C)O)NC(=O)c2csc(n2)-c2cc(O)c(-c3nc(CNC(=O)CN4CCN(C)CC4)cs3)nc2-c2csc(n2)C2COC(=O)c3[nH]c4cccc5c4c3COC(C(OC3CC(C)(O)C(N(C)C)C(C)O3)C(=O)OC5)C(NC(=O)c3csc1n3)c1nc(cs1)C(=O)N2. The zero-order valence-electron chi connectivity index (χ0n) is 55.7. The van der Waals surface area contributed by atoms with E-state index in [2.05, 4.69) is 51.3 Å². The number of ether oxygens (including phenoxy) is 6. The first-order chi connectivity index (χ1) is 48.4. The first-order valence-corrected chi connectivity index (χ1v) is 36.4. The summed E-state index contributed by atoms with van der Waals surface area (Å²) >= 11 is 5.03. The number of carbonyl (C=O) groups is 7. The zero-order valence-corrected chi connectivity index (χ0v) is 59.8. The number of likely N-dealkylation sites (N-methyl/N-ethyl adjacent to an activating group) is 2. The lowest BCUT2D eigenvalue weighted by atomic mass is 9.85. The lowest BCUT2D eigenvalue weighted by Crippen LogP contribution is -2.62. The molecule has 5 aliphatic heterocycles. The average Bonchev–Trinajstić information content (AvgIpc) is 1.71. The van der Waals surface area contributed by atoms with Gasteiger partial charge in [-0.25, -0.2) is 39.5 Å².